The van der Waals surface area contributed by atoms with Crippen molar-refractivity contribution in [2.75, 3.05) is 6.54 Å². The molecule has 0 aliphatic carbocycles. The quantitative estimate of drug-likeness (QED) is 0.889. The number of thiazole rings is 1. The zero-order valence-corrected chi connectivity index (χ0v) is 9.80. The molecule has 2 nitrogen and oxygen atoms in total. The first kappa shape index (κ1) is 11.2. The Morgan fingerprint density at radius 2 is 2.06 bits per heavy atom. The Bertz CT molecular complexity index is 464. The van der Waals surface area contributed by atoms with E-state index in [1.165, 1.54) is 12.1 Å². The van der Waals surface area contributed by atoms with E-state index >= 15 is 0 Å². The van der Waals surface area contributed by atoms with Gasteiger partial charge in [0.15, 0.2) is 0 Å². The van der Waals surface area contributed by atoms with E-state index in [0.29, 0.717) is 6.54 Å². The van der Waals surface area contributed by atoms with Crippen molar-refractivity contribution in [1.29, 1.82) is 0 Å². The molecule has 84 valence electrons. The molecular weight excluding hydrogens is 223 g/mol. The Kier molecular flexibility index (Phi) is 3.31. The van der Waals surface area contributed by atoms with Gasteiger partial charge in [-0.2, -0.15) is 0 Å². The van der Waals surface area contributed by atoms with E-state index in [1.807, 2.05) is 12.3 Å². The summed E-state index contributed by atoms with van der Waals surface area (Å²) in [5.74, 6) is 0.0497. The summed E-state index contributed by atoms with van der Waals surface area (Å²) in [5, 5.41) is 3.01. The maximum atomic E-state index is 12.8. The molecule has 2 rings (SSSR count). The number of hydrogen-bond acceptors (Lipinski definition) is 3. The molecule has 0 fully saturated rings. The average Bonchev–Trinajstić information content (AvgIpc) is 2.78. The lowest BCUT2D eigenvalue weighted by Gasteiger charge is -2.02. The molecule has 0 saturated carbocycles. The molecule has 0 spiro atoms. The molecule has 1 atom stereocenters. The van der Waals surface area contributed by atoms with Gasteiger partial charge < -0.3 is 5.73 Å². The van der Waals surface area contributed by atoms with E-state index < -0.39 is 0 Å². The summed E-state index contributed by atoms with van der Waals surface area (Å²) in [6, 6.07) is 6.37. The van der Waals surface area contributed by atoms with Gasteiger partial charge in [0.05, 0.1) is 10.7 Å². The topological polar surface area (TPSA) is 38.9 Å². The molecule has 1 aromatic heterocycles. The molecule has 1 unspecified atom stereocenters. The van der Waals surface area contributed by atoms with Crippen LogP contribution in [0.2, 0.25) is 0 Å². The van der Waals surface area contributed by atoms with Crippen LogP contribution in [0.15, 0.2) is 29.6 Å². The van der Waals surface area contributed by atoms with Crippen LogP contribution in [-0.2, 0) is 0 Å². The molecule has 16 heavy (non-hydrogen) atoms. The first-order chi connectivity index (χ1) is 7.70. The number of rotatable bonds is 3. The van der Waals surface area contributed by atoms with E-state index in [1.54, 1.807) is 23.5 Å². The fraction of sp³-hybridized carbons (Fsp3) is 0.250. The summed E-state index contributed by atoms with van der Waals surface area (Å²) in [7, 11) is 0. The van der Waals surface area contributed by atoms with Gasteiger partial charge in [-0.15, -0.1) is 11.3 Å². The van der Waals surface area contributed by atoms with E-state index in [9.17, 15) is 4.39 Å². The summed E-state index contributed by atoms with van der Waals surface area (Å²) in [6.45, 7) is 2.64. The Morgan fingerprint density at radius 1 is 1.38 bits per heavy atom. The van der Waals surface area contributed by atoms with Gasteiger partial charge in [-0.05, 0) is 24.3 Å². The van der Waals surface area contributed by atoms with Gasteiger partial charge in [-0.3, -0.25) is 0 Å². The molecule has 0 aliphatic rings. The maximum Gasteiger partial charge on any atom is 0.123 e. The molecule has 1 heterocycles. The van der Waals surface area contributed by atoms with Crippen molar-refractivity contribution >= 4 is 11.3 Å². The van der Waals surface area contributed by atoms with Crippen LogP contribution in [-0.4, -0.2) is 11.5 Å². The van der Waals surface area contributed by atoms with Gasteiger partial charge in [0.1, 0.15) is 5.82 Å². The minimum absolute atomic E-state index is 0.227. The van der Waals surface area contributed by atoms with Crippen LogP contribution in [0, 0.1) is 5.82 Å². The van der Waals surface area contributed by atoms with Crippen molar-refractivity contribution in [3.8, 4) is 11.3 Å². The normalized spacial score (nSPS) is 12.7. The average molecular weight is 236 g/mol. The van der Waals surface area contributed by atoms with Crippen LogP contribution >= 0.6 is 11.3 Å². The highest BCUT2D eigenvalue weighted by atomic mass is 32.1. The first-order valence-corrected chi connectivity index (χ1v) is 6.00. The van der Waals surface area contributed by atoms with Gasteiger partial charge in [0.2, 0.25) is 0 Å². The predicted molar refractivity (Wildman–Crippen MR) is 65.0 cm³/mol. The molecule has 0 radical (unpaired) electrons. The van der Waals surface area contributed by atoms with E-state index in [2.05, 4.69) is 4.98 Å². The number of aromatic nitrogens is 1. The van der Waals surface area contributed by atoms with Crippen LogP contribution in [0.1, 0.15) is 17.8 Å². The number of nitrogens with two attached hydrogens (primary N) is 1. The van der Waals surface area contributed by atoms with Crippen molar-refractivity contribution in [3.05, 3.63) is 40.5 Å². The van der Waals surface area contributed by atoms with Crippen LogP contribution in [0.3, 0.4) is 0 Å². The number of benzene rings is 1. The third kappa shape index (κ3) is 2.28. The van der Waals surface area contributed by atoms with Crippen molar-refractivity contribution in [2.45, 2.75) is 12.8 Å². The van der Waals surface area contributed by atoms with Crippen LogP contribution in [0.4, 0.5) is 4.39 Å². The summed E-state index contributed by atoms with van der Waals surface area (Å²) < 4.78 is 12.8. The van der Waals surface area contributed by atoms with Crippen molar-refractivity contribution in [3.63, 3.8) is 0 Å². The van der Waals surface area contributed by atoms with Crippen molar-refractivity contribution < 1.29 is 4.39 Å². The van der Waals surface area contributed by atoms with Crippen molar-refractivity contribution in [1.82, 2.24) is 4.98 Å². The monoisotopic (exact) mass is 236 g/mol. The zero-order valence-electron chi connectivity index (χ0n) is 8.98. The fourth-order valence-corrected chi connectivity index (χ4v) is 2.27. The van der Waals surface area contributed by atoms with E-state index in [0.717, 1.165) is 16.3 Å². The molecule has 0 amide bonds. The van der Waals surface area contributed by atoms with E-state index in [4.69, 9.17) is 5.73 Å². The number of nitrogens with zero attached hydrogens (tertiary/aromatic N) is 1. The summed E-state index contributed by atoms with van der Waals surface area (Å²) in [5.41, 5.74) is 7.42. The van der Waals surface area contributed by atoms with Crippen LogP contribution in [0.5, 0.6) is 0 Å². The summed E-state index contributed by atoms with van der Waals surface area (Å²) in [6.07, 6.45) is 0. The SMILES string of the molecule is CC(CN)c1nc(-c2ccc(F)cc2)cs1. The third-order valence-corrected chi connectivity index (χ3v) is 3.51. The highest BCUT2D eigenvalue weighted by Gasteiger charge is 2.09. The highest BCUT2D eigenvalue weighted by Crippen LogP contribution is 2.25. The number of hydrogen-bond donors (Lipinski definition) is 1. The molecule has 0 aliphatic heterocycles. The third-order valence-electron chi connectivity index (χ3n) is 2.44. The van der Waals surface area contributed by atoms with Gasteiger partial charge >= 0.3 is 0 Å². The summed E-state index contributed by atoms with van der Waals surface area (Å²) >= 11 is 1.60. The van der Waals surface area contributed by atoms with Gasteiger partial charge in [0, 0.05) is 23.4 Å². The van der Waals surface area contributed by atoms with Crippen molar-refractivity contribution in [2.24, 2.45) is 5.73 Å². The second-order valence-electron chi connectivity index (χ2n) is 3.71. The molecule has 2 N–H and O–H groups in total. The molecule has 2 aromatic rings. The lowest BCUT2D eigenvalue weighted by Crippen LogP contribution is -2.08. The fourth-order valence-electron chi connectivity index (χ4n) is 1.37. The number of halogens is 1. The molecule has 4 heteroatoms. The standard InChI is InChI=1S/C12H13FN2S/c1-8(6-14)12-15-11(7-16-12)9-2-4-10(13)5-3-9/h2-5,7-8H,6,14H2,1H3. The molecule has 1 aromatic carbocycles. The highest BCUT2D eigenvalue weighted by molar-refractivity contribution is 7.10. The molecule has 0 saturated heterocycles. The van der Waals surface area contributed by atoms with Crippen LogP contribution in [0.25, 0.3) is 11.3 Å². The minimum Gasteiger partial charge on any atom is -0.330 e. The minimum atomic E-state index is -0.227. The smallest absolute Gasteiger partial charge is 0.123 e. The van der Waals surface area contributed by atoms with Crippen LogP contribution < -0.4 is 5.73 Å². The Labute approximate surface area is 97.9 Å². The maximum absolute atomic E-state index is 12.8. The lowest BCUT2D eigenvalue weighted by atomic mass is 10.1. The predicted octanol–water partition coefficient (Wildman–Crippen LogP) is 3.01. The van der Waals surface area contributed by atoms with E-state index in [-0.39, 0.29) is 11.7 Å². The van der Waals surface area contributed by atoms with Gasteiger partial charge in [0.25, 0.3) is 0 Å². The Morgan fingerprint density at radius 3 is 2.69 bits per heavy atom. The summed E-state index contributed by atoms with van der Waals surface area (Å²) in [4.78, 5) is 4.50. The largest absolute Gasteiger partial charge is 0.330 e. The zero-order chi connectivity index (χ0) is 11.5. The molecule has 0 bridgehead atoms. The first-order valence-electron chi connectivity index (χ1n) is 5.12. The second-order valence-corrected chi connectivity index (χ2v) is 4.60. The molecular formula is C12H13FN2S. The van der Waals surface area contributed by atoms with Gasteiger partial charge in [-0.1, -0.05) is 6.92 Å². The Hall–Kier alpha value is -1.26. The van der Waals surface area contributed by atoms with Gasteiger partial charge in [-0.25, -0.2) is 9.37 Å². The lowest BCUT2D eigenvalue weighted by molar-refractivity contribution is 0.628. The Balaban J connectivity index is 2.28. The second kappa shape index (κ2) is 4.72.